The Balaban J connectivity index is 2.06. The summed E-state index contributed by atoms with van der Waals surface area (Å²) in [6, 6.07) is 10.7. The number of nitrogens with one attached hydrogen (secondary N) is 1. The SMILES string of the molecule is C=Nc1cc(O)ccc1C=C(O)C(=O)NC=Cc1ccc(O)cc1. The number of phenols is 2. The second kappa shape index (κ2) is 7.64. The minimum atomic E-state index is -0.701. The van der Waals surface area contributed by atoms with Gasteiger partial charge in [0.1, 0.15) is 11.5 Å². The van der Waals surface area contributed by atoms with E-state index < -0.39 is 11.7 Å². The highest BCUT2D eigenvalue weighted by Gasteiger charge is 2.07. The van der Waals surface area contributed by atoms with Crippen LogP contribution in [0.1, 0.15) is 11.1 Å². The molecule has 0 fully saturated rings. The number of carbonyl (C=O) groups is 1. The van der Waals surface area contributed by atoms with Gasteiger partial charge in [0.2, 0.25) is 0 Å². The van der Waals surface area contributed by atoms with Gasteiger partial charge in [0.05, 0.1) is 5.69 Å². The molecule has 24 heavy (non-hydrogen) atoms. The van der Waals surface area contributed by atoms with Gasteiger partial charge < -0.3 is 20.6 Å². The molecule has 0 aromatic heterocycles. The largest absolute Gasteiger partial charge is 0.508 e. The number of hydrogen-bond acceptors (Lipinski definition) is 5. The molecule has 2 aromatic carbocycles. The number of rotatable bonds is 5. The van der Waals surface area contributed by atoms with Crippen molar-refractivity contribution in [2.45, 2.75) is 0 Å². The zero-order chi connectivity index (χ0) is 17.5. The molecule has 0 aliphatic carbocycles. The maximum absolute atomic E-state index is 11.8. The zero-order valence-electron chi connectivity index (χ0n) is 12.7. The van der Waals surface area contributed by atoms with E-state index in [1.807, 2.05) is 0 Å². The summed E-state index contributed by atoms with van der Waals surface area (Å²) < 4.78 is 0. The van der Waals surface area contributed by atoms with Crippen LogP contribution in [0, 0.1) is 0 Å². The lowest BCUT2D eigenvalue weighted by Crippen LogP contribution is -2.18. The fourth-order valence-corrected chi connectivity index (χ4v) is 1.88. The van der Waals surface area contributed by atoms with E-state index in [1.165, 1.54) is 42.6 Å². The van der Waals surface area contributed by atoms with Crippen LogP contribution in [-0.4, -0.2) is 27.9 Å². The number of carbonyl (C=O) groups excluding carboxylic acids is 1. The van der Waals surface area contributed by atoms with Gasteiger partial charge in [0.15, 0.2) is 5.76 Å². The number of hydrogen-bond donors (Lipinski definition) is 4. The van der Waals surface area contributed by atoms with Crippen LogP contribution in [0.25, 0.3) is 12.2 Å². The molecule has 0 heterocycles. The van der Waals surface area contributed by atoms with E-state index in [-0.39, 0.29) is 11.5 Å². The van der Waals surface area contributed by atoms with E-state index >= 15 is 0 Å². The summed E-state index contributed by atoms with van der Waals surface area (Å²) in [5.74, 6) is -1.05. The van der Waals surface area contributed by atoms with Crippen LogP contribution in [0.15, 0.2) is 59.4 Å². The standard InChI is InChI=1S/C18H16N2O4/c1-19-16-11-15(22)7-4-13(16)10-17(23)18(24)20-9-8-12-2-5-14(21)6-3-12/h2-11,21-23H,1H2,(H,20,24). The summed E-state index contributed by atoms with van der Waals surface area (Å²) in [4.78, 5) is 15.6. The van der Waals surface area contributed by atoms with E-state index in [9.17, 15) is 20.1 Å². The van der Waals surface area contributed by atoms with Crippen molar-refractivity contribution in [2.24, 2.45) is 4.99 Å². The second-order valence-electron chi connectivity index (χ2n) is 4.83. The Morgan fingerprint density at radius 2 is 1.75 bits per heavy atom. The molecule has 0 saturated carbocycles. The smallest absolute Gasteiger partial charge is 0.290 e. The van der Waals surface area contributed by atoms with Crippen LogP contribution in [-0.2, 0) is 4.79 Å². The van der Waals surface area contributed by atoms with Crippen molar-refractivity contribution in [1.82, 2.24) is 5.32 Å². The first-order chi connectivity index (χ1) is 11.5. The van der Waals surface area contributed by atoms with Crippen LogP contribution in [0.4, 0.5) is 5.69 Å². The second-order valence-corrected chi connectivity index (χ2v) is 4.83. The maximum Gasteiger partial charge on any atom is 0.290 e. The molecule has 0 aliphatic heterocycles. The van der Waals surface area contributed by atoms with Gasteiger partial charge in [-0.15, -0.1) is 0 Å². The molecule has 0 aliphatic rings. The number of aromatic hydroxyl groups is 2. The average Bonchev–Trinajstić information content (AvgIpc) is 2.58. The van der Waals surface area contributed by atoms with Crippen LogP contribution >= 0.6 is 0 Å². The number of aliphatic imine (C=N–C) groups is 1. The van der Waals surface area contributed by atoms with Gasteiger partial charge in [-0.1, -0.05) is 12.1 Å². The first-order valence-corrected chi connectivity index (χ1v) is 6.96. The monoisotopic (exact) mass is 324 g/mol. The Kier molecular flexibility index (Phi) is 5.36. The Morgan fingerprint density at radius 1 is 1.08 bits per heavy atom. The molecule has 6 nitrogen and oxygen atoms in total. The molecule has 0 bridgehead atoms. The predicted molar refractivity (Wildman–Crippen MR) is 93.2 cm³/mol. The van der Waals surface area contributed by atoms with Gasteiger partial charge in [0.25, 0.3) is 5.91 Å². The van der Waals surface area contributed by atoms with Crippen molar-refractivity contribution in [2.75, 3.05) is 0 Å². The van der Waals surface area contributed by atoms with Gasteiger partial charge in [-0.2, -0.15) is 0 Å². The van der Waals surface area contributed by atoms with Crippen molar-refractivity contribution in [3.8, 4) is 11.5 Å². The Bertz CT molecular complexity index is 808. The highest BCUT2D eigenvalue weighted by molar-refractivity contribution is 5.97. The normalized spacial score (nSPS) is 11.4. The first kappa shape index (κ1) is 16.8. The number of nitrogens with zero attached hydrogens (tertiary/aromatic N) is 1. The molecule has 4 N–H and O–H groups in total. The lowest BCUT2D eigenvalue weighted by molar-refractivity contribution is -0.118. The van der Waals surface area contributed by atoms with Crippen LogP contribution < -0.4 is 5.32 Å². The fraction of sp³-hybridized carbons (Fsp3) is 0. The van der Waals surface area contributed by atoms with E-state index in [0.29, 0.717) is 11.3 Å². The minimum absolute atomic E-state index is 0.00956. The average molecular weight is 324 g/mol. The molecule has 2 aromatic rings. The van der Waals surface area contributed by atoms with Crippen molar-refractivity contribution >= 4 is 30.5 Å². The van der Waals surface area contributed by atoms with Gasteiger partial charge in [-0.05, 0) is 48.7 Å². The van der Waals surface area contributed by atoms with Gasteiger partial charge in [0, 0.05) is 17.8 Å². The molecule has 0 unspecified atom stereocenters. The van der Waals surface area contributed by atoms with E-state index in [2.05, 4.69) is 17.0 Å². The number of amides is 1. The van der Waals surface area contributed by atoms with Crippen LogP contribution in [0.5, 0.6) is 11.5 Å². The molecule has 2 rings (SSSR count). The summed E-state index contributed by atoms with van der Waals surface area (Å²) in [6.45, 7) is 3.37. The third kappa shape index (κ3) is 4.48. The third-order valence-electron chi connectivity index (χ3n) is 3.09. The number of aliphatic hydroxyl groups is 1. The maximum atomic E-state index is 11.8. The Morgan fingerprint density at radius 3 is 2.42 bits per heavy atom. The molecule has 6 heteroatoms. The highest BCUT2D eigenvalue weighted by Crippen LogP contribution is 2.25. The molecule has 1 amide bonds. The van der Waals surface area contributed by atoms with Crippen molar-refractivity contribution < 1.29 is 20.1 Å². The highest BCUT2D eigenvalue weighted by atomic mass is 16.3. The van der Waals surface area contributed by atoms with Gasteiger partial charge >= 0.3 is 0 Å². The van der Waals surface area contributed by atoms with Gasteiger partial charge in [-0.3, -0.25) is 9.79 Å². The third-order valence-corrected chi connectivity index (χ3v) is 3.09. The first-order valence-electron chi connectivity index (χ1n) is 6.96. The van der Waals surface area contributed by atoms with Gasteiger partial charge in [-0.25, -0.2) is 0 Å². The number of aliphatic hydroxyl groups excluding tert-OH is 1. The molecular weight excluding hydrogens is 308 g/mol. The Hall–Kier alpha value is -3.54. The van der Waals surface area contributed by atoms with Crippen molar-refractivity contribution in [3.05, 3.63) is 65.6 Å². The number of phenolic OH excluding ortho intramolecular Hbond substituents is 2. The summed E-state index contributed by atoms with van der Waals surface area (Å²) in [5.41, 5.74) is 1.56. The molecule has 0 radical (unpaired) electrons. The lowest BCUT2D eigenvalue weighted by Gasteiger charge is -2.03. The summed E-state index contributed by atoms with van der Waals surface area (Å²) in [7, 11) is 0. The molecule has 122 valence electrons. The zero-order valence-corrected chi connectivity index (χ0v) is 12.7. The van der Waals surface area contributed by atoms with E-state index in [0.717, 1.165) is 5.56 Å². The van der Waals surface area contributed by atoms with Crippen LogP contribution in [0.2, 0.25) is 0 Å². The molecule has 0 spiro atoms. The number of benzene rings is 2. The van der Waals surface area contributed by atoms with E-state index in [1.54, 1.807) is 18.2 Å². The quantitative estimate of drug-likeness (QED) is 0.385. The summed E-state index contributed by atoms with van der Waals surface area (Å²) in [6.07, 6.45) is 4.22. The summed E-state index contributed by atoms with van der Waals surface area (Å²) >= 11 is 0. The molecule has 0 atom stereocenters. The Labute approximate surface area is 138 Å². The lowest BCUT2D eigenvalue weighted by atomic mass is 10.1. The van der Waals surface area contributed by atoms with Crippen molar-refractivity contribution in [1.29, 1.82) is 0 Å². The molecule has 0 saturated heterocycles. The molecular formula is C18H16N2O4. The van der Waals surface area contributed by atoms with E-state index in [4.69, 9.17) is 0 Å². The minimum Gasteiger partial charge on any atom is -0.508 e. The van der Waals surface area contributed by atoms with Crippen LogP contribution in [0.3, 0.4) is 0 Å². The van der Waals surface area contributed by atoms with Crippen molar-refractivity contribution in [3.63, 3.8) is 0 Å². The predicted octanol–water partition coefficient (Wildman–Crippen LogP) is 3.12. The topological polar surface area (TPSA) is 102 Å². The summed E-state index contributed by atoms with van der Waals surface area (Å²) in [5, 5.41) is 30.8. The fourth-order valence-electron chi connectivity index (χ4n) is 1.88.